The number of piperidine rings is 1. The number of carbonyl (C=O) groups is 2. The van der Waals surface area contributed by atoms with Gasteiger partial charge in [0.2, 0.25) is 0 Å². The fourth-order valence-corrected chi connectivity index (χ4v) is 11.0. The van der Waals surface area contributed by atoms with E-state index in [0.717, 1.165) is 90.0 Å². The van der Waals surface area contributed by atoms with Crippen molar-refractivity contribution in [3.8, 4) is 11.8 Å². The van der Waals surface area contributed by atoms with Gasteiger partial charge in [0.05, 0.1) is 36.0 Å². The summed E-state index contributed by atoms with van der Waals surface area (Å²) in [5.41, 5.74) is 2.41. The molecule has 6 aliphatic rings. The number of hydrogen-bond acceptors (Lipinski definition) is 8. The van der Waals surface area contributed by atoms with E-state index in [1.807, 2.05) is 0 Å². The first kappa shape index (κ1) is 40.4. The second-order valence-electron chi connectivity index (χ2n) is 17.8. The van der Waals surface area contributed by atoms with E-state index in [2.05, 4.69) is 42.2 Å². The highest BCUT2D eigenvalue weighted by molar-refractivity contribution is 5.84. The second-order valence-corrected chi connectivity index (χ2v) is 17.8. The third-order valence-corrected chi connectivity index (χ3v) is 14.1. The average Bonchev–Trinajstić information content (AvgIpc) is 3.79. The number of fused-ring (bicyclic) bond motifs is 2. The molecule has 7 unspecified atom stereocenters. The number of esters is 1. The minimum Gasteiger partial charge on any atom is -0.462 e. The molecule has 3 aliphatic carbocycles. The van der Waals surface area contributed by atoms with Crippen molar-refractivity contribution in [2.45, 2.75) is 178 Å². The largest absolute Gasteiger partial charge is 0.462 e. The maximum Gasteiger partial charge on any atom is 0.302 e. The minimum atomic E-state index is -0.495. The smallest absolute Gasteiger partial charge is 0.302 e. The monoisotopic (exact) mass is 736 g/mol. The van der Waals surface area contributed by atoms with Crippen LogP contribution >= 0.6 is 0 Å². The molecule has 3 saturated carbocycles. The molecule has 0 aromatic carbocycles. The van der Waals surface area contributed by atoms with Crippen LogP contribution in [0.2, 0.25) is 0 Å². The van der Waals surface area contributed by atoms with Crippen LogP contribution in [-0.2, 0) is 19.1 Å². The summed E-state index contributed by atoms with van der Waals surface area (Å²) < 4.78 is 11.5. The van der Waals surface area contributed by atoms with Crippen LogP contribution in [-0.4, -0.2) is 78.0 Å². The fourth-order valence-electron chi connectivity index (χ4n) is 11.0. The first-order valence-electron chi connectivity index (χ1n) is 21.4. The zero-order chi connectivity index (χ0) is 37.4. The molecule has 2 bridgehead atoms. The van der Waals surface area contributed by atoms with Gasteiger partial charge < -0.3 is 25.0 Å². The van der Waals surface area contributed by atoms with Crippen LogP contribution in [0.5, 0.6) is 0 Å². The third kappa shape index (κ3) is 11.0. The van der Waals surface area contributed by atoms with Crippen LogP contribution in [0.15, 0.2) is 16.1 Å². The summed E-state index contributed by atoms with van der Waals surface area (Å²) in [7, 11) is 1.66. The van der Waals surface area contributed by atoms with Gasteiger partial charge in [-0.2, -0.15) is 0 Å². The number of rotatable bonds is 5. The number of methoxy groups -OCH3 is 1. The number of nitrogens with one attached hydrogen (secondary N) is 1. The summed E-state index contributed by atoms with van der Waals surface area (Å²) in [6.07, 6.45) is 18.8. The fraction of sp³-hybridized carbons (Fsp3) is 0.818. The first-order valence-corrected chi connectivity index (χ1v) is 21.4. The molecule has 53 heavy (non-hydrogen) atoms. The lowest BCUT2D eigenvalue weighted by Gasteiger charge is -2.41. The topological polar surface area (TPSA) is 134 Å². The van der Waals surface area contributed by atoms with Gasteiger partial charge in [-0.25, -0.2) is 0 Å². The van der Waals surface area contributed by atoms with E-state index in [9.17, 15) is 19.8 Å². The van der Waals surface area contributed by atoms with Crippen molar-refractivity contribution in [1.82, 2.24) is 5.32 Å². The molecule has 1 saturated heterocycles. The van der Waals surface area contributed by atoms with Crippen LogP contribution in [0.25, 0.3) is 0 Å². The molecule has 0 amide bonds. The molecule has 1 spiro atoms. The number of nitrogens with zero attached hydrogens (tertiary/aromatic N) is 1. The number of aliphatic hydroxyl groups excluding tert-OH is 2. The summed E-state index contributed by atoms with van der Waals surface area (Å²) in [5, 5.41) is 28.1. The van der Waals surface area contributed by atoms with Crippen LogP contribution in [0, 0.1) is 53.9 Å². The summed E-state index contributed by atoms with van der Waals surface area (Å²) in [6.45, 7) is 6.87. The van der Waals surface area contributed by atoms with Crippen molar-refractivity contribution < 1.29 is 34.6 Å². The average molecular weight is 736 g/mol. The number of ketones is 1. The molecule has 0 aromatic rings. The van der Waals surface area contributed by atoms with E-state index in [-0.39, 0.29) is 53.9 Å². The van der Waals surface area contributed by atoms with Gasteiger partial charge in [-0.3, -0.25) is 14.9 Å². The molecule has 11 atom stereocenters. The van der Waals surface area contributed by atoms with Gasteiger partial charge in [0.15, 0.2) is 6.21 Å². The predicted octanol–water partition coefficient (Wildman–Crippen LogP) is 5.58. The standard InChI is InChI=1S/C44H68N3O6/c1-4-30-10-12-39(53-29(2)48)26-38(50)21-32(31-11-13-41(51)42(24-31)52-3)14-18-44(16-5-6-17-44)47-43-25-34(15-19-46-43)40(33-8-7-9-37(49)22-33)23-36-28-45-27-35(36)20-30/h27-28,30-34,37,39-43,46-47,49,51H,4-13,15-17,19-26H2,1-3H3/q+1/p+1/t30-,31?,32+,33?,34?,37?,39-,40-,41?,42?,43?/m1/s1. The lowest BCUT2D eigenvalue weighted by Crippen LogP contribution is -2.96. The Balaban J connectivity index is 1.33. The molecule has 4 fully saturated rings. The maximum atomic E-state index is 14.0. The molecule has 9 heteroatoms. The highest BCUT2D eigenvalue weighted by Gasteiger charge is 2.43. The van der Waals surface area contributed by atoms with Crippen molar-refractivity contribution in [3.63, 3.8) is 0 Å². The Labute approximate surface area is 319 Å². The van der Waals surface area contributed by atoms with Crippen molar-refractivity contribution in [2.24, 2.45) is 40.5 Å². The molecule has 0 radical (unpaired) electrons. The van der Waals surface area contributed by atoms with E-state index >= 15 is 0 Å². The minimum absolute atomic E-state index is 0.0939. The predicted molar refractivity (Wildman–Crippen MR) is 206 cm³/mol. The lowest BCUT2D eigenvalue weighted by atomic mass is 9.67. The number of Topliss-reactive ketones (excluding diaryl/α,β-unsaturated/α-hetero) is 1. The molecule has 6 rings (SSSR count). The van der Waals surface area contributed by atoms with Gasteiger partial charge in [-0.15, -0.1) is 4.99 Å². The second kappa shape index (κ2) is 19.1. The number of aliphatic hydroxyl groups is 2. The van der Waals surface area contributed by atoms with Crippen LogP contribution in [0.1, 0.15) is 142 Å². The molecule has 5 N–H and O–H groups in total. The van der Waals surface area contributed by atoms with Gasteiger partial charge in [-0.1, -0.05) is 44.4 Å². The number of ether oxygens (including phenoxy) is 2. The van der Waals surface area contributed by atoms with E-state index in [4.69, 9.17) is 14.5 Å². The Morgan fingerprint density at radius 1 is 0.981 bits per heavy atom. The Morgan fingerprint density at radius 3 is 2.55 bits per heavy atom. The number of allylic oxidation sites excluding steroid dienone is 1. The summed E-state index contributed by atoms with van der Waals surface area (Å²) >= 11 is 0. The molecule has 9 nitrogen and oxygen atoms in total. The van der Waals surface area contributed by atoms with Gasteiger partial charge >= 0.3 is 5.97 Å². The van der Waals surface area contributed by atoms with E-state index in [0.29, 0.717) is 49.4 Å². The number of hydrogen-bond donors (Lipinski definition) is 4. The summed E-state index contributed by atoms with van der Waals surface area (Å²) in [4.78, 5) is 30.9. The van der Waals surface area contributed by atoms with E-state index in [1.165, 1.54) is 30.9 Å². The van der Waals surface area contributed by atoms with Gasteiger partial charge in [-0.05, 0) is 100 Å². The molecule has 0 aromatic heterocycles. The van der Waals surface area contributed by atoms with Crippen molar-refractivity contribution in [1.29, 1.82) is 0 Å². The molecule has 3 heterocycles. The highest BCUT2D eigenvalue weighted by atomic mass is 16.5. The quantitative estimate of drug-likeness (QED) is 0.165. The first-order chi connectivity index (χ1) is 25.6. The third-order valence-electron chi connectivity index (χ3n) is 14.1. The molecular weight excluding hydrogens is 666 g/mol. The van der Waals surface area contributed by atoms with Crippen molar-refractivity contribution in [2.75, 3.05) is 13.7 Å². The zero-order valence-corrected chi connectivity index (χ0v) is 32.9. The van der Waals surface area contributed by atoms with Crippen LogP contribution < -0.4 is 10.6 Å². The van der Waals surface area contributed by atoms with Gasteiger partial charge in [0.1, 0.15) is 30.2 Å². The molecular formula is C44H69N3O6+2. The van der Waals surface area contributed by atoms with Gasteiger partial charge in [0, 0.05) is 52.1 Å². The normalized spacial score (nSPS) is 38.7. The number of quaternary nitrogens is 1. The number of aliphatic imine (C=N–C) groups is 1. The molecule has 294 valence electrons. The SMILES string of the molecule is CC[C@@H]1CC[C@@H](OC(C)=O)CC(=O)C[C@@H](C2CCC(O)C(OC)C2)C#CC2(CCCC2)NC2CC(CC[NH2+]2)[C@@H](C2CCCC(O)C2)CC2=C(C=N[CH+]2)C1. The Bertz CT molecular complexity index is 1360. The van der Waals surface area contributed by atoms with Crippen molar-refractivity contribution >= 4 is 18.0 Å². The molecule has 3 aliphatic heterocycles. The number of carbonyl (C=O) groups excluding carboxylic acids is 2. The Kier molecular flexibility index (Phi) is 14.6. The summed E-state index contributed by atoms with van der Waals surface area (Å²) in [6, 6.07) is 0. The highest BCUT2D eigenvalue weighted by Crippen LogP contribution is 2.43. The van der Waals surface area contributed by atoms with E-state index in [1.54, 1.807) is 7.11 Å². The van der Waals surface area contributed by atoms with Crippen LogP contribution in [0.3, 0.4) is 0 Å². The zero-order valence-electron chi connectivity index (χ0n) is 32.9. The number of nitrogens with two attached hydrogens (primary N) is 1. The van der Waals surface area contributed by atoms with E-state index < -0.39 is 12.2 Å². The summed E-state index contributed by atoms with van der Waals surface area (Å²) in [5.74, 6) is 9.26. The van der Waals surface area contributed by atoms with Crippen molar-refractivity contribution in [3.05, 3.63) is 17.7 Å². The maximum absolute atomic E-state index is 14.0. The van der Waals surface area contributed by atoms with Gasteiger partial charge in [0.25, 0.3) is 0 Å². The van der Waals surface area contributed by atoms with Crippen LogP contribution in [0.4, 0.5) is 0 Å². The Hall–Kier alpha value is -2.22. The Morgan fingerprint density at radius 2 is 1.79 bits per heavy atom. The lowest BCUT2D eigenvalue weighted by molar-refractivity contribution is -0.706.